The van der Waals surface area contributed by atoms with Gasteiger partial charge in [-0.15, -0.1) is 0 Å². The van der Waals surface area contributed by atoms with E-state index in [0.717, 1.165) is 33.5 Å². The molecule has 0 radical (unpaired) electrons. The molecule has 8 nitrogen and oxygen atoms in total. The number of fused-ring (bicyclic) bond motifs is 2. The Balaban J connectivity index is 1.77. The highest BCUT2D eigenvalue weighted by Gasteiger charge is 2.16. The first kappa shape index (κ1) is 16.8. The van der Waals surface area contributed by atoms with Crippen LogP contribution < -0.4 is 0 Å². The Labute approximate surface area is 164 Å². The molecule has 5 heterocycles. The Kier molecular flexibility index (Phi) is 3.81. The van der Waals surface area contributed by atoms with Gasteiger partial charge in [0.2, 0.25) is 0 Å². The zero-order valence-corrected chi connectivity index (χ0v) is 15.5. The second-order valence-corrected chi connectivity index (χ2v) is 6.71. The fourth-order valence-electron chi connectivity index (χ4n) is 3.26. The molecule has 0 fully saturated rings. The van der Waals surface area contributed by atoms with E-state index in [1.807, 2.05) is 25.3 Å². The van der Waals surface area contributed by atoms with Crippen LogP contribution in [0, 0.1) is 6.92 Å². The molecule has 138 valence electrons. The van der Waals surface area contributed by atoms with Crippen molar-refractivity contribution in [3.63, 3.8) is 0 Å². The summed E-state index contributed by atoms with van der Waals surface area (Å²) in [5.41, 5.74) is 5.25. The topological polar surface area (TPSA) is 94.0 Å². The van der Waals surface area contributed by atoms with Gasteiger partial charge in [-0.1, -0.05) is 11.6 Å². The Hall–Kier alpha value is -3.36. The molecule has 1 N–H and O–H groups in total. The van der Waals surface area contributed by atoms with Crippen LogP contribution in [0.5, 0.6) is 0 Å². The van der Waals surface area contributed by atoms with E-state index in [2.05, 4.69) is 25.1 Å². The van der Waals surface area contributed by atoms with Gasteiger partial charge >= 0.3 is 0 Å². The first-order valence-corrected chi connectivity index (χ1v) is 8.93. The summed E-state index contributed by atoms with van der Waals surface area (Å²) < 4.78 is 3.46. The lowest BCUT2D eigenvalue weighted by molar-refractivity contribution is 0.281. The molecule has 0 amide bonds. The third kappa shape index (κ3) is 2.54. The first-order valence-electron chi connectivity index (χ1n) is 8.55. The quantitative estimate of drug-likeness (QED) is 0.475. The van der Waals surface area contributed by atoms with Crippen molar-refractivity contribution >= 4 is 28.2 Å². The third-order valence-corrected chi connectivity index (χ3v) is 4.84. The van der Waals surface area contributed by atoms with E-state index < -0.39 is 0 Å². The molecule has 0 bridgehead atoms. The van der Waals surface area contributed by atoms with Gasteiger partial charge in [-0.25, -0.2) is 19.2 Å². The average Bonchev–Trinajstić information content (AvgIpc) is 3.29. The van der Waals surface area contributed by atoms with Gasteiger partial charge in [0.1, 0.15) is 5.15 Å². The monoisotopic (exact) mass is 391 g/mol. The number of hydrogen-bond donors (Lipinski definition) is 1. The summed E-state index contributed by atoms with van der Waals surface area (Å²) in [5, 5.41) is 19.9. The Morgan fingerprint density at radius 3 is 2.86 bits per heavy atom. The van der Waals surface area contributed by atoms with Crippen molar-refractivity contribution in [3.8, 4) is 16.9 Å². The van der Waals surface area contributed by atoms with Gasteiger partial charge in [0.05, 0.1) is 41.0 Å². The zero-order chi connectivity index (χ0) is 19.3. The minimum absolute atomic E-state index is 0.171. The van der Waals surface area contributed by atoms with Gasteiger partial charge in [-0.05, 0) is 19.1 Å². The van der Waals surface area contributed by atoms with Crippen LogP contribution in [-0.2, 0) is 6.61 Å². The summed E-state index contributed by atoms with van der Waals surface area (Å²) in [4.78, 5) is 13.0. The maximum atomic E-state index is 9.72. The summed E-state index contributed by atoms with van der Waals surface area (Å²) in [6.07, 6.45) is 8.65. The smallest absolute Gasteiger partial charge is 0.164 e. The Morgan fingerprint density at radius 2 is 2.00 bits per heavy atom. The van der Waals surface area contributed by atoms with Gasteiger partial charge in [-0.2, -0.15) is 10.2 Å². The summed E-state index contributed by atoms with van der Waals surface area (Å²) in [5.74, 6) is 0. The van der Waals surface area contributed by atoms with Gasteiger partial charge in [0, 0.05) is 41.8 Å². The second kappa shape index (κ2) is 6.36. The molecular weight excluding hydrogens is 378 g/mol. The van der Waals surface area contributed by atoms with Crippen LogP contribution in [0.1, 0.15) is 11.3 Å². The number of aromatic nitrogens is 7. The lowest BCUT2D eigenvalue weighted by Crippen LogP contribution is -2.03. The number of aliphatic hydroxyl groups is 1. The molecule has 28 heavy (non-hydrogen) atoms. The Bertz CT molecular complexity index is 1340. The van der Waals surface area contributed by atoms with Crippen LogP contribution in [0.15, 0.2) is 49.2 Å². The minimum atomic E-state index is -0.171. The first-order chi connectivity index (χ1) is 13.7. The summed E-state index contributed by atoms with van der Waals surface area (Å²) >= 11 is 6.09. The molecule has 5 aromatic heterocycles. The summed E-state index contributed by atoms with van der Waals surface area (Å²) in [6.45, 7) is 1.74. The molecule has 0 aromatic carbocycles. The van der Waals surface area contributed by atoms with Crippen LogP contribution in [0.25, 0.3) is 33.5 Å². The fourth-order valence-corrected chi connectivity index (χ4v) is 3.41. The number of rotatable bonds is 3. The number of aryl methyl sites for hydroxylation is 1. The van der Waals surface area contributed by atoms with Crippen LogP contribution in [0.4, 0.5) is 0 Å². The van der Waals surface area contributed by atoms with E-state index in [1.54, 1.807) is 40.1 Å². The number of hydrogen-bond acceptors (Lipinski definition) is 6. The normalized spacial score (nSPS) is 11.5. The highest BCUT2D eigenvalue weighted by Crippen LogP contribution is 2.29. The highest BCUT2D eigenvalue weighted by molar-refractivity contribution is 6.29. The number of aliphatic hydroxyl groups excluding tert-OH is 1. The van der Waals surface area contributed by atoms with Crippen molar-refractivity contribution < 1.29 is 5.11 Å². The largest absolute Gasteiger partial charge is 0.392 e. The van der Waals surface area contributed by atoms with Crippen molar-refractivity contribution in [2.75, 3.05) is 0 Å². The van der Waals surface area contributed by atoms with Crippen LogP contribution >= 0.6 is 11.6 Å². The summed E-state index contributed by atoms with van der Waals surface area (Å²) in [7, 11) is 0. The fraction of sp³-hybridized carbons (Fsp3) is 0.105. The Morgan fingerprint density at radius 1 is 1.11 bits per heavy atom. The predicted molar refractivity (Wildman–Crippen MR) is 104 cm³/mol. The van der Waals surface area contributed by atoms with E-state index in [1.165, 1.54) is 0 Å². The third-order valence-electron chi connectivity index (χ3n) is 4.63. The molecule has 9 heteroatoms. The number of pyridine rings is 2. The second-order valence-electron chi connectivity index (χ2n) is 6.32. The van der Waals surface area contributed by atoms with Crippen molar-refractivity contribution in [1.29, 1.82) is 0 Å². The molecular formula is C19H14ClN7O. The predicted octanol–water partition coefficient (Wildman–Crippen LogP) is 2.98. The SMILES string of the molecule is Cc1nn(-c2cc(Cl)ncc2CO)c2cc(-c3cnn4cccnc34)ncc12. The lowest BCUT2D eigenvalue weighted by atomic mass is 10.1. The molecule has 0 saturated heterocycles. The number of halogens is 1. The van der Waals surface area contributed by atoms with Crippen molar-refractivity contribution in [2.45, 2.75) is 13.5 Å². The van der Waals surface area contributed by atoms with Crippen LogP contribution in [0.2, 0.25) is 5.15 Å². The minimum Gasteiger partial charge on any atom is -0.392 e. The molecule has 0 aliphatic carbocycles. The average molecular weight is 392 g/mol. The highest BCUT2D eigenvalue weighted by atomic mass is 35.5. The van der Waals surface area contributed by atoms with E-state index in [0.29, 0.717) is 16.4 Å². The molecule has 0 aliphatic heterocycles. The molecule has 0 aliphatic rings. The molecule has 0 atom stereocenters. The van der Waals surface area contributed by atoms with Gasteiger partial charge in [-0.3, -0.25) is 4.98 Å². The van der Waals surface area contributed by atoms with Crippen LogP contribution in [0.3, 0.4) is 0 Å². The van der Waals surface area contributed by atoms with E-state index >= 15 is 0 Å². The maximum absolute atomic E-state index is 9.72. The van der Waals surface area contributed by atoms with Crippen molar-refractivity contribution in [3.05, 3.63) is 65.6 Å². The van der Waals surface area contributed by atoms with Gasteiger partial charge < -0.3 is 5.11 Å². The van der Waals surface area contributed by atoms with Gasteiger partial charge in [0.25, 0.3) is 0 Å². The molecule has 0 saturated carbocycles. The molecule has 5 aromatic rings. The zero-order valence-electron chi connectivity index (χ0n) is 14.8. The van der Waals surface area contributed by atoms with Gasteiger partial charge in [0.15, 0.2) is 5.65 Å². The summed E-state index contributed by atoms with van der Waals surface area (Å²) in [6, 6.07) is 5.45. The van der Waals surface area contributed by atoms with E-state index in [9.17, 15) is 5.11 Å². The molecule has 0 spiro atoms. The molecule has 0 unspecified atom stereocenters. The van der Waals surface area contributed by atoms with Crippen LogP contribution in [-0.4, -0.2) is 39.5 Å². The molecule has 5 rings (SSSR count). The number of nitrogens with zero attached hydrogens (tertiary/aromatic N) is 7. The van der Waals surface area contributed by atoms with Crippen molar-refractivity contribution in [1.82, 2.24) is 34.3 Å². The lowest BCUT2D eigenvalue weighted by Gasteiger charge is -2.09. The standard InChI is InChI=1S/C19H14ClN7O/c1-11-13-8-22-15(14-9-24-26-4-2-3-21-19(14)26)5-17(13)27(25-11)16-6-18(20)23-7-12(16)10-28/h2-9,28H,10H2,1H3. The van der Waals surface area contributed by atoms with E-state index in [-0.39, 0.29) is 6.61 Å². The van der Waals surface area contributed by atoms with E-state index in [4.69, 9.17) is 11.6 Å². The van der Waals surface area contributed by atoms with Crippen molar-refractivity contribution in [2.24, 2.45) is 0 Å². The maximum Gasteiger partial charge on any atom is 0.164 e.